The van der Waals surface area contributed by atoms with Gasteiger partial charge < -0.3 is 15.0 Å². The fourth-order valence-electron chi connectivity index (χ4n) is 2.88. The molecule has 1 aromatic carbocycles. The van der Waals surface area contributed by atoms with Crippen LogP contribution in [-0.4, -0.2) is 39.6 Å². The summed E-state index contributed by atoms with van der Waals surface area (Å²) < 4.78 is 0. The molecule has 3 rings (SSSR count). The number of fused-ring (bicyclic) bond motifs is 1. The van der Waals surface area contributed by atoms with Crippen molar-refractivity contribution in [1.29, 1.82) is 0 Å². The Morgan fingerprint density at radius 1 is 1.40 bits per heavy atom. The third-order valence-electron chi connectivity index (χ3n) is 3.93. The van der Waals surface area contributed by atoms with E-state index in [0.717, 1.165) is 18.4 Å². The first-order chi connectivity index (χ1) is 9.55. The van der Waals surface area contributed by atoms with Crippen molar-refractivity contribution < 1.29 is 9.90 Å². The molecule has 1 aromatic heterocycles. The number of nitrogens with zero attached hydrogens (tertiary/aromatic N) is 1. The number of rotatable bonds is 4. The van der Waals surface area contributed by atoms with Gasteiger partial charge in [0.2, 0.25) is 5.91 Å². The molecule has 4 nitrogen and oxygen atoms in total. The molecule has 1 saturated heterocycles. The molecule has 1 fully saturated rings. The largest absolute Gasteiger partial charge is 0.386 e. The minimum absolute atomic E-state index is 0.149. The number of aliphatic hydroxyl groups is 1. The predicted octanol–water partition coefficient (Wildman–Crippen LogP) is 2.08. The maximum absolute atomic E-state index is 11.9. The van der Waals surface area contributed by atoms with E-state index in [9.17, 15) is 9.90 Å². The topological polar surface area (TPSA) is 56.3 Å². The summed E-state index contributed by atoms with van der Waals surface area (Å²) in [6.07, 6.45) is 4.33. The fourth-order valence-corrected chi connectivity index (χ4v) is 2.88. The molecule has 0 unspecified atom stereocenters. The summed E-state index contributed by atoms with van der Waals surface area (Å²) >= 11 is 0. The number of aromatic amines is 1. The highest BCUT2D eigenvalue weighted by Gasteiger charge is 2.38. The Morgan fingerprint density at radius 3 is 2.90 bits per heavy atom. The first-order valence-corrected chi connectivity index (χ1v) is 7.10. The van der Waals surface area contributed by atoms with Gasteiger partial charge in [-0.2, -0.15) is 0 Å². The monoisotopic (exact) mass is 272 g/mol. The number of carbonyl (C=O) groups is 1. The van der Waals surface area contributed by atoms with E-state index < -0.39 is 5.60 Å². The van der Waals surface area contributed by atoms with Crippen LogP contribution in [-0.2, 0) is 11.2 Å². The Kier molecular flexibility index (Phi) is 3.26. The highest BCUT2D eigenvalue weighted by atomic mass is 16.3. The quantitative estimate of drug-likeness (QED) is 0.895. The number of nitrogens with one attached hydrogen (secondary N) is 1. The second kappa shape index (κ2) is 4.94. The Labute approximate surface area is 118 Å². The van der Waals surface area contributed by atoms with Crippen LogP contribution in [0, 0.1) is 0 Å². The smallest absolute Gasteiger partial charge is 0.222 e. The summed E-state index contributed by atoms with van der Waals surface area (Å²) in [4.78, 5) is 16.9. The Bertz CT molecular complexity index is 622. The zero-order valence-corrected chi connectivity index (χ0v) is 11.7. The van der Waals surface area contributed by atoms with E-state index in [-0.39, 0.29) is 5.91 Å². The number of likely N-dealkylation sites (tertiary alicyclic amines) is 1. The second-order valence-electron chi connectivity index (χ2n) is 5.96. The molecule has 0 spiro atoms. The molecule has 0 bridgehead atoms. The van der Waals surface area contributed by atoms with Gasteiger partial charge in [0.1, 0.15) is 0 Å². The number of aromatic nitrogens is 1. The number of β-amino-alcohol motifs (C(OH)–C–C–N with tert-alkyl or cyclic N) is 1. The van der Waals surface area contributed by atoms with Gasteiger partial charge in [0.15, 0.2) is 0 Å². The molecule has 4 heteroatoms. The Hall–Kier alpha value is -1.81. The molecular weight excluding hydrogens is 252 g/mol. The van der Waals surface area contributed by atoms with Gasteiger partial charge >= 0.3 is 0 Å². The van der Waals surface area contributed by atoms with Gasteiger partial charge in [-0.05, 0) is 31.4 Å². The van der Waals surface area contributed by atoms with Crippen LogP contribution in [0.15, 0.2) is 30.5 Å². The normalized spacial score (nSPS) is 17.2. The van der Waals surface area contributed by atoms with E-state index in [1.54, 1.807) is 11.8 Å². The van der Waals surface area contributed by atoms with E-state index in [1.807, 2.05) is 18.3 Å². The van der Waals surface area contributed by atoms with Crippen LogP contribution in [0.2, 0.25) is 0 Å². The summed E-state index contributed by atoms with van der Waals surface area (Å²) in [6, 6.07) is 8.22. The molecule has 2 N–H and O–H groups in total. The summed E-state index contributed by atoms with van der Waals surface area (Å²) in [5, 5.41) is 10.9. The molecule has 1 amide bonds. The van der Waals surface area contributed by atoms with Crippen LogP contribution in [0.5, 0.6) is 0 Å². The molecule has 1 aliphatic heterocycles. The first kappa shape index (κ1) is 13.2. The molecule has 0 aliphatic carbocycles. The lowest BCUT2D eigenvalue weighted by molar-refractivity contribution is -0.152. The SMILES string of the molecule is CC1(O)CN(C(=O)CCCc2c[nH]c3ccccc23)C1. The van der Waals surface area contributed by atoms with Crippen LogP contribution < -0.4 is 0 Å². The van der Waals surface area contributed by atoms with Crippen molar-refractivity contribution in [2.45, 2.75) is 31.8 Å². The van der Waals surface area contributed by atoms with Crippen LogP contribution in [0.1, 0.15) is 25.3 Å². The Balaban J connectivity index is 1.52. The number of carbonyl (C=O) groups excluding carboxylic acids is 1. The van der Waals surface area contributed by atoms with Gasteiger partial charge in [0, 0.05) is 23.5 Å². The second-order valence-corrected chi connectivity index (χ2v) is 5.96. The number of amides is 1. The van der Waals surface area contributed by atoms with Crippen molar-refractivity contribution in [1.82, 2.24) is 9.88 Å². The number of benzene rings is 1. The average Bonchev–Trinajstić information content (AvgIpc) is 2.79. The van der Waals surface area contributed by atoms with Crippen molar-refractivity contribution in [2.75, 3.05) is 13.1 Å². The Morgan fingerprint density at radius 2 is 2.15 bits per heavy atom. The van der Waals surface area contributed by atoms with E-state index >= 15 is 0 Å². The van der Waals surface area contributed by atoms with E-state index in [0.29, 0.717) is 19.5 Å². The minimum Gasteiger partial charge on any atom is -0.386 e. The molecule has 1 aliphatic rings. The lowest BCUT2D eigenvalue weighted by atomic mass is 9.96. The van der Waals surface area contributed by atoms with Crippen molar-refractivity contribution in [3.05, 3.63) is 36.0 Å². The summed E-state index contributed by atoms with van der Waals surface area (Å²) in [5.41, 5.74) is 1.74. The fraction of sp³-hybridized carbons (Fsp3) is 0.438. The molecular formula is C16H20N2O2. The maximum atomic E-state index is 11.9. The maximum Gasteiger partial charge on any atom is 0.222 e. The number of aryl methyl sites for hydroxylation is 1. The van der Waals surface area contributed by atoms with Crippen molar-refractivity contribution in [2.24, 2.45) is 0 Å². The number of para-hydroxylation sites is 1. The first-order valence-electron chi connectivity index (χ1n) is 7.10. The van der Waals surface area contributed by atoms with Gasteiger partial charge in [-0.1, -0.05) is 18.2 Å². The predicted molar refractivity (Wildman–Crippen MR) is 78.4 cm³/mol. The molecule has 106 valence electrons. The molecule has 2 aromatic rings. The van der Waals surface area contributed by atoms with E-state index in [4.69, 9.17) is 0 Å². The minimum atomic E-state index is -0.674. The van der Waals surface area contributed by atoms with Crippen LogP contribution in [0.4, 0.5) is 0 Å². The van der Waals surface area contributed by atoms with Gasteiger partial charge in [-0.3, -0.25) is 4.79 Å². The van der Waals surface area contributed by atoms with Crippen molar-refractivity contribution in [3.8, 4) is 0 Å². The van der Waals surface area contributed by atoms with E-state index in [1.165, 1.54) is 10.9 Å². The van der Waals surface area contributed by atoms with Crippen LogP contribution in [0.25, 0.3) is 10.9 Å². The molecule has 0 radical (unpaired) electrons. The molecule has 0 atom stereocenters. The van der Waals surface area contributed by atoms with Crippen LogP contribution in [0.3, 0.4) is 0 Å². The van der Waals surface area contributed by atoms with Gasteiger partial charge in [-0.25, -0.2) is 0 Å². The lowest BCUT2D eigenvalue weighted by Crippen LogP contribution is -2.61. The molecule has 2 heterocycles. The van der Waals surface area contributed by atoms with Gasteiger partial charge in [0.05, 0.1) is 18.7 Å². The van der Waals surface area contributed by atoms with E-state index in [2.05, 4.69) is 17.1 Å². The molecule has 20 heavy (non-hydrogen) atoms. The summed E-state index contributed by atoms with van der Waals surface area (Å²) in [6.45, 7) is 2.71. The third kappa shape index (κ3) is 2.56. The highest BCUT2D eigenvalue weighted by molar-refractivity contribution is 5.83. The number of H-pyrrole nitrogens is 1. The van der Waals surface area contributed by atoms with Gasteiger partial charge in [-0.15, -0.1) is 0 Å². The highest BCUT2D eigenvalue weighted by Crippen LogP contribution is 2.22. The standard InChI is InChI=1S/C16H20N2O2/c1-16(20)10-18(11-16)15(19)8-4-5-12-9-17-14-7-3-2-6-13(12)14/h2-3,6-7,9,17,20H,4-5,8,10-11H2,1H3. The number of hydrogen-bond donors (Lipinski definition) is 2. The van der Waals surface area contributed by atoms with Crippen LogP contribution >= 0.6 is 0 Å². The summed E-state index contributed by atoms with van der Waals surface area (Å²) in [7, 11) is 0. The third-order valence-corrected chi connectivity index (χ3v) is 3.93. The lowest BCUT2D eigenvalue weighted by Gasteiger charge is -2.44. The van der Waals surface area contributed by atoms with Crippen molar-refractivity contribution >= 4 is 16.8 Å². The molecule has 0 saturated carbocycles. The summed E-state index contributed by atoms with van der Waals surface area (Å²) in [5.74, 6) is 0.149. The van der Waals surface area contributed by atoms with Crippen molar-refractivity contribution in [3.63, 3.8) is 0 Å². The van der Waals surface area contributed by atoms with Gasteiger partial charge in [0.25, 0.3) is 0 Å². The zero-order valence-electron chi connectivity index (χ0n) is 11.7. The average molecular weight is 272 g/mol. The number of hydrogen-bond acceptors (Lipinski definition) is 2. The zero-order chi connectivity index (χ0) is 14.2.